The number of halogens is 1. The first-order valence-corrected chi connectivity index (χ1v) is 9.37. The number of rotatable bonds is 3. The molecule has 8 heteroatoms. The lowest BCUT2D eigenvalue weighted by atomic mass is 10.1. The van der Waals surface area contributed by atoms with Crippen molar-refractivity contribution in [2.24, 2.45) is 5.92 Å². The second-order valence-electron chi connectivity index (χ2n) is 5.20. The van der Waals surface area contributed by atoms with Gasteiger partial charge in [-0.1, -0.05) is 15.9 Å². The van der Waals surface area contributed by atoms with E-state index in [2.05, 4.69) is 26.3 Å². The van der Waals surface area contributed by atoms with Crippen molar-refractivity contribution in [3.05, 3.63) is 41.1 Å². The molecule has 1 aliphatic heterocycles. The fraction of sp³-hybridized carbons (Fsp3) is 0.286. The number of hydrogen-bond donors (Lipinski definition) is 1. The molecule has 1 aromatic heterocycles. The standard InChI is InChI=1S/C14H14BrN3O3S/c15-11-2-3-13(18-6-1-5-16-18)12(8-11)17-14(19)10-4-7-22(20,21)9-10/h1-3,5-6,8,10H,4,7,9H2,(H,17,19). The maximum absolute atomic E-state index is 12.3. The molecule has 0 spiro atoms. The molecule has 0 aliphatic carbocycles. The van der Waals surface area contributed by atoms with Gasteiger partial charge in [0.05, 0.1) is 28.8 Å². The Bertz CT molecular complexity index is 803. The van der Waals surface area contributed by atoms with Crippen LogP contribution >= 0.6 is 15.9 Å². The van der Waals surface area contributed by atoms with Gasteiger partial charge in [0.15, 0.2) is 9.84 Å². The van der Waals surface area contributed by atoms with Gasteiger partial charge in [0.1, 0.15) is 0 Å². The molecule has 1 atom stereocenters. The fourth-order valence-electron chi connectivity index (χ4n) is 2.46. The van der Waals surface area contributed by atoms with Gasteiger partial charge in [0.25, 0.3) is 0 Å². The molecule has 1 amide bonds. The Kier molecular flexibility index (Phi) is 4.05. The van der Waals surface area contributed by atoms with E-state index in [0.717, 1.165) is 10.2 Å². The molecule has 1 unspecified atom stereocenters. The summed E-state index contributed by atoms with van der Waals surface area (Å²) in [6.07, 6.45) is 3.80. The summed E-state index contributed by atoms with van der Waals surface area (Å²) in [7, 11) is -3.08. The SMILES string of the molecule is O=C(Nc1cc(Br)ccc1-n1cccn1)C1CCS(=O)(=O)C1. The quantitative estimate of drug-likeness (QED) is 0.878. The monoisotopic (exact) mass is 383 g/mol. The number of nitrogens with zero attached hydrogens (tertiary/aromatic N) is 2. The number of carbonyl (C=O) groups excluding carboxylic acids is 1. The largest absolute Gasteiger partial charge is 0.324 e. The Morgan fingerprint density at radius 1 is 1.41 bits per heavy atom. The molecule has 0 bridgehead atoms. The van der Waals surface area contributed by atoms with E-state index in [1.807, 2.05) is 12.1 Å². The van der Waals surface area contributed by atoms with E-state index in [1.165, 1.54) is 0 Å². The highest BCUT2D eigenvalue weighted by Gasteiger charge is 2.33. The van der Waals surface area contributed by atoms with Crippen molar-refractivity contribution in [3.63, 3.8) is 0 Å². The summed E-state index contributed by atoms with van der Waals surface area (Å²) in [4.78, 5) is 12.3. The van der Waals surface area contributed by atoms with Gasteiger partial charge in [-0.15, -0.1) is 0 Å². The maximum Gasteiger partial charge on any atom is 0.228 e. The molecule has 116 valence electrons. The number of hydrogen-bond acceptors (Lipinski definition) is 4. The number of amides is 1. The Morgan fingerprint density at radius 3 is 2.86 bits per heavy atom. The Labute approximate surface area is 136 Å². The average Bonchev–Trinajstić information content (AvgIpc) is 3.08. The van der Waals surface area contributed by atoms with E-state index >= 15 is 0 Å². The molecule has 1 N–H and O–H groups in total. The third-order valence-electron chi connectivity index (χ3n) is 3.57. The molecule has 6 nitrogen and oxygen atoms in total. The van der Waals surface area contributed by atoms with Crippen molar-refractivity contribution in [2.75, 3.05) is 16.8 Å². The van der Waals surface area contributed by atoms with Crippen LogP contribution in [0.3, 0.4) is 0 Å². The van der Waals surface area contributed by atoms with Gasteiger partial charge in [-0.25, -0.2) is 13.1 Å². The van der Waals surface area contributed by atoms with Gasteiger partial charge in [0, 0.05) is 16.9 Å². The molecular weight excluding hydrogens is 370 g/mol. The van der Waals surface area contributed by atoms with Crippen LogP contribution < -0.4 is 5.32 Å². The molecule has 0 saturated carbocycles. The van der Waals surface area contributed by atoms with Gasteiger partial charge in [-0.3, -0.25) is 4.79 Å². The molecule has 3 rings (SSSR count). The van der Waals surface area contributed by atoms with Crippen LogP contribution in [-0.2, 0) is 14.6 Å². The zero-order valence-corrected chi connectivity index (χ0v) is 14.0. The maximum atomic E-state index is 12.3. The van der Waals surface area contributed by atoms with Crippen LogP contribution in [0.15, 0.2) is 41.1 Å². The second kappa shape index (κ2) is 5.85. The van der Waals surface area contributed by atoms with Gasteiger partial charge >= 0.3 is 0 Å². The summed E-state index contributed by atoms with van der Waals surface area (Å²) in [5.41, 5.74) is 1.31. The lowest BCUT2D eigenvalue weighted by molar-refractivity contribution is -0.119. The van der Waals surface area contributed by atoms with Gasteiger partial charge in [-0.05, 0) is 30.7 Å². The minimum Gasteiger partial charge on any atom is -0.324 e. The minimum atomic E-state index is -3.08. The number of nitrogens with one attached hydrogen (secondary N) is 1. The van der Waals surface area contributed by atoms with E-state index in [4.69, 9.17) is 0 Å². The molecule has 0 radical (unpaired) electrons. The smallest absolute Gasteiger partial charge is 0.228 e. The normalized spacial score (nSPS) is 20.0. The Balaban J connectivity index is 1.86. The summed E-state index contributed by atoms with van der Waals surface area (Å²) >= 11 is 3.37. The van der Waals surface area contributed by atoms with Crippen molar-refractivity contribution >= 4 is 37.4 Å². The van der Waals surface area contributed by atoms with Crippen LogP contribution in [-0.4, -0.2) is 35.6 Å². The first kappa shape index (κ1) is 15.2. The summed E-state index contributed by atoms with van der Waals surface area (Å²) in [5.74, 6) is -0.762. The van der Waals surface area contributed by atoms with Gasteiger partial charge in [0.2, 0.25) is 5.91 Å². The summed E-state index contributed by atoms with van der Waals surface area (Å²) < 4.78 is 25.5. The molecule has 2 heterocycles. The van der Waals surface area contributed by atoms with Gasteiger partial charge in [-0.2, -0.15) is 5.10 Å². The van der Waals surface area contributed by atoms with Crippen molar-refractivity contribution in [3.8, 4) is 5.69 Å². The van der Waals surface area contributed by atoms with Crippen LogP contribution in [0.5, 0.6) is 0 Å². The first-order valence-electron chi connectivity index (χ1n) is 6.75. The predicted molar refractivity (Wildman–Crippen MR) is 86.7 cm³/mol. The minimum absolute atomic E-state index is 0.0790. The third kappa shape index (κ3) is 3.22. The lowest BCUT2D eigenvalue weighted by Gasteiger charge is -2.14. The molecule has 1 saturated heterocycles. The number of carbonyl (C=O) groups is 1. The van der Waals surface area contributed by atoms with Crippen LogP contribution in [0.4, 0.5) is 5.69 Å². The highest BCUT2D eigenvalue weighted by molar-refractivity contribution is 9.10. The molecular formula is C14H14BrN3O3S. The first-order chi connectivity index (χ1) is 10.4. The zero-order chi connectivity index (χ0) is 15.7. The third-order valence-corrected chi connectivity index (χ3v) is 5.83. The average molecular weight is 384 g/mol. The van der Waals surface area contributed by atoms with Crippen molar-refractivity contribution in [1.82, 2.24) is 9.78 Å². The Morgan fingerprint density at radius 2 is 2.23 bits per heavy atom. The highest BCUT2D eigenvalue weighted by atomic mass is 79.9. The van der Waals surface area contributed by atoms with Crippen LogP contribution in [0, 0.1) is 5.92 Å². The van der Waals surface area contributed by atoms with E-state index < -0.39 is 15.8 Å². The van der Waals surface area contributed by atoms with Crippen molar-refractivity contribution in [1.29, 1.82) is 0 Å². The Hall–Kier alpha value is -1.67. The molecule has 2 aromatic rings. The van der Waals surface area contributed by atoms with Crippen LogP contribution in [0.25, 0.3) is 5.69 Å². The second-order valence-corrected chi connectivity index (χ2v) is 8.35. The molecule has 1 aromatic carbocycles. The summed E-state index contributed by atoms with van der Waals surface area (Å²) in [6.45, 7) is 0. The van der Waals surface area contributed by atoms with Crippen LogP contribution in [0.2, 0.25) is 0 Å². The zero-order valence-electron chi connectivity index (χ0n) is 11.6. The van der Waals surface area contributed by atoms with E-state index in [9.17, 15) is 13.2 Å². The summed E-state index contributed by atoms with van der Waals surface area (Å²) in [6, 6.07) is 7.25. The van der Waals surface area contributed by atoms with E-state index in [-0.39, 0.29) is 17.4 Å². The highest BCUT2D eigenvalue weighted by Crippen LogP contribution is 2.26. The molecule has 1 fully saturated rings. The number of anilines is 1. The van der Waals surface area contributed by atoms with E-state index in [1.54, 1.807) is 29.2 Å². The van der Waals surface area contributed by atoms with Gasteiger partial charge < -0.3 is 5.32 Å². The molecule has 1 aliphatic rings. The van der Waals surface area contributed by atoms with Crippen LogP contribution in [0.1, 0.15) is 6.42 Å². The predicted octanol–water partition coefficient (Wildman–Crippen LogP) is 2.01. The van der Waals surface area contributed by atoms with Crippen molar-refractivity contribution in [2.45, 2.75) is 6.42 Å². The van der Waals surface area contributed by atoms with E-state index in [0.29, 0.717) is 12.1 Å². The molecule has 22 heavy (non-hydrogen) atoms. The number of aromatic nitrogens is 2. The number of benzene rings is 1. The topological polar surface area (TPSA) is 81.1 Å². The summed E-state index contributed by atoms with van der Waals surface area (Å²) in [5, 5.41) is 6.98. The lowest BCUT2D eigenvalue weighted by Crippen LogP contribution is -2.24. The van der Waals surface area contributed by atoms with Crippen molar-refractivity contribution < 1.29 is 13.2 Å². The number of sulfone groups is 1. The fourth-order valence-corrected chi connectivity index (χ4v) is 4.56.